The number of anilines is 1. The summed E-state index contributed by atoms with van der Waals surface area (Å²) in [6.07, 6.45) is 3.19. The Bertz CT molecular complexity index is 857. The Morgan fingerprint density at radius 1 is 1.41 bits per heavy atom. The number of amides is 1. The van der Waals surface area contributed by atoms with E-state index in [1.165, 1.54) is 0 Å². The zero-order valence-corrected chi connectivity index (χ0v) is 12.0. The van der Waals surface area contributed by atoms with E-state index in [0.717, 1.165) is 33.7 Å². The van der Waals surface area contributed by atoms with Gasteiger partial charge in [0.2, 0.25) is 0 Å². The lowest BCUT2D eigenvalue weighted by molar-refractivity contribution is 0.142. The van der Waals surface area contributed by atoms with E-state index in [0.29, 0.717) is 13.2 Å². The van der Waals surface area contributed by atoms with E-state index in [-0.39, 0.29) is 6.09 Å². The van der Waals surface area contributed by atoms with Crippen molar-refractivity contribution >= 4 is 22.8 Å². The number of hydrogen-bond donors (Lipinski definition) is 1. The number of aromatic amines is 1. The molecule has 6 heteroatoms. The van der Waals surface area contributed by atoms with Crippen molar-refractivity contribution in [3.63, 3.8) is 0 Å². The maximum atomic E-state index is 11.8. The SMILES string of the molecule is CCN1C(=O)OCc2cc3[nH]c(-c4cccnc4)nc3cc21. The van der Waals surface area contributed by atoms with Crippen molar-refractivity contribution < 1.29 is 9.53 Å². The molecule has 22 heavy (non-hydrogen) atoms. The van der Waals surface area contributed by atoms with Gasteiger partial charge in [-0.05, 0) is 31.2 Å². The lowest BCUT2D eigenvalue weighted by Gasteiger charge is -2.27. The van der Waals surface area contributed by atoms with E-state index >= 15 is 0 Å². The van der Waals surface area contributed by atoms with Crippen molar-refractivity contribution in [1.82, 2.24) is 15.0 Å². The van der Waals surface area contributed by atoms with Crippen molar-refractivity contribution in [2.24, 2.45) is 0 Å². The number of fused-ring (bicyclic) bond motifs is 2. The maximum absolute atomic E-state index is 11.8. The van der Waals surface area contributed by atoms with E-state index in [9.17, 15) is 4.79 Å². The first kappa shape index (κ1) is 12.8. The normalized spacial score (nSPS) is 14.0. The van der Waals surface area contributed by atoms with Crippen molar-refractivity contribution in [3.8, 4) is 11.4 Å². The fourth-order valence-corrected chi connectivity index (χ4v) is 2.71. The van der Waals surface area contributed by atoms with Crippen LogP contribution in [0.4, 0.5) is 10.5 Å². The third-order valence-electron chi connectivity index (χ3n) is 3.80. The molecule has 6 nitrogen and oxygen atoms in total. The molecule has 0 bridgehead atoms. The fourth-order valence-electron chi connectivity index (χ4n) is 2.71. The topological polar surface area (TPSA) is 71.1 Å². The van der Waals surface area contributed by atoms with Gasteiger partial charge in [-0.25, -0.2) is 9.78 Å². The summed E-state index contributed by atoms with van der Waals surface area (Å²) in [7, 11) is 0. The van der Waals surface area contributed by atoms with Crippen LogP contribution in [0.25, 0.3) is 22.4 Å². The van der Waals surface area contributed by atoms with E-state index in [2.05, 4.69) is 15.0 Å². The van der Waals surface area contributed by atoms with Crippen LogP contribution in [0.5, 0.6) is 0 Å². The number of benzene rings is 1. The van der Waals surface area contributed by atoms with Crippen molar-refractivity contribution in [2.75, 3.05) is 11.4 Å². The molecular weight excluding hydrogens is 280 g/mol. The molecule has 1 aromatic carbocycles. The predicted octanol–water partition coefficient (Wildman–Crippen LogP) is 3.10. The van der Waals surface area contributed by atoms with Gasteiger partial charge in [-0.15, -0.1) is 0 Å². The van der Waals surface area contributed by atoms with Gasteiger partial charge in [-0.2, -0.15) is 0 Å². The average molecular weight is 294 g/mol. The molecule has 1 aliphatic heterocycles. The maximum Gasteiger partial charge on any atom is 0.414 e. The number of rotatable bonds is 2. The van der Waals surface area contributed by atoms with Crippen LogP contribution in [-0.2, 0) is 11.3 Å². The van der Waals surface area contributed by atoms with Gasteiger partial charge >= 0.3 is 6.09 Å². The zero-order chi connectivity index (χ0) is 15.1. The molecule has 0 atom stereocenters. The monoisotopic (exact) mass is 294 g/mol. The highest BCUT2D eigenvalue weighted by Gasteiger charge is 2.25. The van der Waals surface area contributed by atoms with Gasteiger partial charge in [0, 0.05) is 30.1 Å². The van der Waals surface area contributed by atoms with Gasteiger partial charge < -0.3 is 9.72 Å². The van der Waals surface area contributed by atoms with Gasteiger partial charge in [0.15, 0.2) is 0 Å². The van der Waals surface area contributed by atoms with Crippen LogP contribution < -0.4 is 4.90 Å². The number of carbonyl (C=O) groups is 1. The highest BCUT2D eigenvalue weighted by atomic mass is 16.6. The van der Waals surface area contributed by atoms with Crippen LogP contribution in [0.3, 0.4) is 0 Å². The van der Waals surface area contributed by atoms with E-state index in [1.807, 2.05) is 31.2 Å². The average Bonchev–Trinajstić information content (AvgIpc) is 2.97. The minimum Gasteiger partial charge on any atom is -0.444 e. The molecule has 1 N–H and O–H groups in total. The van der Waals surface area contributed by atoms with Crippen LogP contribution in [0.15, 0.2) is 36.7 Å². The Kier molecular flexibility index (Phi) is 2.82. The Balaban J connectivity index is 1.86. The Hall–Kier alpha value is -2.89. The number of H-pyrrole nitrogens is 1. The molecular formula is C16H14N4O2. The van der Waals surface area contributed by atoms with Crippen molar-refractivity contribution in [2.45, 2.75) is 13.5 Å². The van der Waals surface area contributed by atoms with Crippen molar-refractivity contribution in [1.29, 1.82) is 0 Å². The molecule has 0 saturated carbocycles. The highest BCUT2D eigenvalue weighted by Crippen LogP contribution is 2.31. The number of hydrogen-bond acceptors (Lipinski definition) is 4. The fraction of sp³-hybridized carbons (Fsp3) is 0.188. The zero-order valence-electron chi connectivity index (χ0n) is 12.0. The Labute approximate surface area is 126 Å². The van der Waals surface area contributed by atoms with E-state index in [1.54, 1.807) is 17.3 Å². The van der Waals surface area contributed by atoms with Crippen LogP contribution in [0, 0.1) is 0 Å². The van der Waals surface area contributed by atoms with E-state index in [4.69, 9.17) is 4.74 Å². The molecule has 0 spiro atoms. The second-order valence-corrected chi connectivity index (χ2v) is 5.12. The number of pyridine rings is 1. The van der Waals surface area contributed by atoms with Crippen LogP contribution in [0.1, 0.15) is 12.5 Å². The summed E-state index contributed by atoms with van der Waals surface area (Å²) in [5.74, 6) is 0.765. The summed E-state index contributed by atoms with van der Waals surface area (Å²) >= 11 is 0. The quantitative estimate of drug-likeness (QED) is 0.788. The molecule has 4 rings (SSSR count). The standard InChI is InChI=1S/C16H14N4O2/c1-2-20-14-7-13-12(6-11(14)9-22-16(20)21)18-15(19-13)10-4-3-5-17-8-10/h3-8H,2,9H2,1H3,(H,18,19). The molecule has 0 aliphatic carbocycles. The summed E-state index contributed by atoms with van der Waals surface area (Å²) in [6.45, 7) is 2.78. The second kappa shape index (κ2) is 4.84. The molecule has 1 aliphatic rings. The number of carbonyl (C=O) groups excluding carboxylic acids is 1. The second-order valence-electron chi connectivity index (χ2n) is 5.12. The summed E-state index contributed by atoms with van der Waals surface area (Å²) < 4.78 is 5.19. The van der Waals surface area contributed by atoms with Crippen molar-refractivity contribution in [3.05, 3.63) is 42.2 Å². The lowest BCUT2D eigenvalue weighted by atomic mass is 10.1. The number of cyclic esters (lactones) is 1. The minimum atomic E-state index is -0.308. The third-order valence-corrected chi connectivity index (χ3v) is 3.80. The minimum absolute atomic E-state index is 0.294. The third kappa shape index (κ3) is 1.92. The van der Waals surface area contributed by atoms with Gasteiger partial charge in [-0.1, -0.05) is 0 Å². The van der Waals surface area contributed by atoms with Gasteiger partial charge in [-0.3, -0.25) is 9.88 Å². The summed E-state index contributed by atoms with van der Waals surface area (Å²) in [4.78, 5) is 25.5. The molecule has 110 valence electrons. The first-order valence-electron chi connectivity index (χ1n) is 7.13. The molecule has 1 amide bonds. The molecule has 3 heterocycles. The molecule has 0 unspecified atom stereocenters. The molecule has 3 aromatic rings. The molecule has 0 fully saturated rings. The summed E-state index contributed by atoms with van der Waals surface area (Å²) in [6, 6.07) is 7.76. The highest BCUT2D eigenvalue weighted by molar-refractivity contribution is 5.94. The van der Waals surface area contributed by atoms with Gasteiger partial charge in [0.05, 0.1) is 16.7 Å². The molecule has 0 radical (unpaired) electrons. The number of nitrogens with zero attached hydrogens (tertiary/aromatic N) is 3. The predicted molar refractivity (Wildman–Crippen MR) is 82.5 cm³/mol. The van der Waals surface area contributed by atoms with E-state index < -0.39 is 0 Å². The summed E-state index contributed by atoms with van der Waals surface area (Å²) in [5, 5.41) is 0. The Morgan fingerprint density at radius 2 is 2.32 bits per heavy atom. The molecule has 2 aromatic heterocycles. The smallest absolute Gasteiger partial charge is 0.414 e. The van der Waals surface area contributed by atoms with Crippen LogP contribution in [-0.4, -0.2) is 27.6 Å². The van der Waals surface area contributed by atoms with Gasteiger partial charge in [0.25, 0.3) is 0 Å². The largest absolute Gasteiger partial charge is 0.444 e. The Morgan fingerprint density at radius 3 is 3.09 bits per heavy atom. The molecule has 0 saturated heterocycles. The number of imidazole rings is 1. The number of nitrogens with one attached hydrogen (secondary N) is 1. The lowest BCUT2D eigenvalue weighted by Crippen LogP contribution is -2.35. The first-order valence-corrected chi connectivity index (χ1v) is 7.13. The van der Waals surface area contributed by atoms with Crippen LogP contribution >= 0.6 is 0 Å². The number of ether oxygens (including phenoxy) is 1. The van der Waals surface area contributed by atoms with Gasteiger partial charge in [0.1, 0.15) is 12.4 Å². The number of aromatic nitrogens is 3. The first-order chi connectivity index (χ1) is 10.8. The van der Waals surface area contributed by atoms with Crippen LogP contribution in [0.2, 0.25) is 0 Å². The summed E-state index contributed by atoms with van der Waals surface area (Å²) in [5.41, 5.74) is 4.53.